The molecule has 0 bridgehead atoms. The van der Waals surface area contributed by atoms with Crippen molar-refractivity contribution >= 4 is 11.9 Å². The zero-order valence-corrected chi connectivity index (χ0v) is 12.5. The van der Waals surface area contributed by atoms with Gasteiger partial charge in [-0.25, -0.2) is 4.79 Å². The molecule has 20 heavy (non-hydrogen) atoms. The largest absolute Gasteiger partial charge is 0.467 e. The van der Waals surface area contributed by atoms with Crippen LogP contribution >= 0.6 is 0 Å². The molecule has 1 aromatic rings. The SMILES string of the molecule is COC(=O)C(C)(C)NC(=O)CN(C)Cc1ccccc1. The van der Waals surface area contributed by atoms with E-state index in [2.05, 4.69) is 10.1 Å². The molecule has 0 spiro atoms. The number of ether oxygens (including phenoxy) is 1. The van der Waals surface area contributed by atoms with E-state index in [1.54, 1.807) is 13.8 Å². The van der Waals surface area contributed by atoms with Gasteiger partial charge in [0.05, 0.1) is 13.7 Å². The number of esters is 1. The highest BCUT2D eigenvalue weighted by atomic mass is 16.5. The summed E-state index contributed by atoms with van der Waals surface area (Å²) in [4.78, 5) is 25.3. The molecule has 5 heteroatoms. The Bertz CT molecular complexity index is 457. The van der Waals surface area contributed by atoms with E-state index in [4.69, 9.17) is 0 Å². The van der Waals surface area contributed by atoms with Crippen LogP contribution in [0.4, 0.5) is 0 Å². The number of benzene rings is 1. The van der Waals surface area contributed by atoms with Crippen LogP contribution in [0.5, 0.6) is 0 Å². The number of methoxy groups -OCH3 is 1. The first-order chi connectivity index (χ1) is 9.35. The highest BCUT2D eigenvalue weighted by molar-refractivity contribution is 5.88. The van der Waals surface area contributed by atoms with Crippen LogP contribution in [0, 0.1) is 0 Å². The fraction of sp³-hybridized carbons (Fsp3) is 0.467. The summed E-state index contributed by atoms with van der Waals surface area (Å²) in [5, 5.41) is 2.67. The number of rotatable bonds is 6. The van der Waals surface area contributed by atoms with Crippen molar-refractivity contribution in [3.8, 4) is 0 Å². The lowest BCUT2D eigenvalue weighted by molar-refractivity contribution is -0.149. The second-order valence-corrected chi connectivity index (χ2v) is 5.32. The fourth-order valence-corrected chi connectivity index (χ4v) is 1.89. The number of hydrogen-bond donors (Lipinski definition) is 1. The number of nitrogens with one attached hydrogen (secondary N) is 1. The number of likely N-dealkylation sites (N-methyl/N-ethyl adjacent to an activating group) is 1. The molecule has 5 nitrogen and oxygen atoms in total. The van der Waals surface area contributed by atoms with E-state index >= 15 is 0 Å². The minimum atomic E-state index is -1.01. The molecule has 1 aromatic carbocycles. The smallest absolute Gasteiger partial charge is 0.330 e. The van der Waals surface area contributed by atoms with Gasteiger partial charge in [0.15, 0.2) is 0 Å². The van der Waals surface area contributed by atoms with Gasteiger partial charge >= 0.3 is 5.97 Å². The monoisotopic (exact) mass is 278 g/mol. The summed E-state index contributed by atoms with van der Waals surface area (Å²) in [7, 11) is 3.16. The molecule has 0 saturated carbocycles. The summed E-state index contributed by atoms with van der Waals surface area (Å²) >= 11 is 0. The summed E-state index contributed by atoms with van der Waals surface area (Å²) in [5.74, 6) is -0.671. The van der Waals surface area contributed by atoms with Crippen LogP contribution in [0.2, 0.25) is 0 Å². The molecule has 1 rings (SSSR count). The Kier molecular flexibility index (Phi) is 5.70. The van der Waals surface area contributed by atoms with Crippen molar-refractivity contribution < 1.29 is 14.3 Å². The van der Waals surface area contributed by atoms with Crippen LogP contribution in [0.25, 0.3) is 0 Å². The number of carbonyl (C=O) groups is 2. The van der Waals surface area contributed by atoms with Crippen LogP contribution in [0.1, 0.15) is 19.4 Å². The van der Waals surface area contributed by atoms with Gasteiger partial charge in [-0.15, -0.1) is 0 Å². The third-order valence-corrected chi connectivity index (χ3v) is 2.86. The maximum Gasteiger partial charge on any atom is 0.330 e. The lowest BCUT2D eigenvalue weighted by atomic mass is 10.1. The molecule has 1 N–H and O–H groups in total. The maximum atomic E-state index is 11.9. The van der Waals surface area contributed by atoms with Crippen molar-refractivity contribution in [1.82, 2.24) is 10.2 Å². The lowest BCUT2D eigenvalue weighted by Gasteiger charge is -2.25. The molecule has 1 amide bonds. The Morgan fingerprint density at radius 3 is 2.40 bits per heavy atom. The van der Waals surface area contributed by atoms with E-state index in [1.807, 2.05) is 42.3 Å². The highest BCUT2D eigenvalue weighted by Crippen LogP contribution is 2.05. The van der Waals surface area contributed by atoms with Gasteiger partial charge in [0, 0.05) is 6.54 Å². The summed E-state index contributed by atoms with van der Waals surface area (Å²) < 4.78 is 4.65. The number of amides is 1. The normalized spacial score (nSPS) is 11.2. The van der Waals surface area contributed by atoms with Crippen molar-refractivity contribution in [3.63, 3.8) is 0 Å². The first-order valence-corrected chi connectivity index (χ1v) is 6.47. The van der Waals surface area contributed by atoms with Gasteiger partial charge < -0.3 is 10.1 Å². The number of hydrogen-bond acceptors (Lipinski definition) is 4. The summed E-state index contributed by atoms with van der Waals surface area (Å²) in [6, 6.07) is 9.89. The Morgan fingerprint density at radius 2 is 1.85 bits per heavy atom. The van der Waals surface area contributed by atoms with Crippen molar-refractivity contribution in [2.45, 2.75) is 25.9 Å². The lowest BCUT2D eigenvalue weighted by Crippen LogP contribution is -2.52. The minimum absolute atomic E-state index is 0.209. The predicted molar refractivity (Wildman–Crippen MR) is 77.0 cm³/mol. The molecule has 110 valence electrons. The third-order valence-electron chi connectivity index (χ3n) is 2.86. The van der Waals surface area contributed by atoms with Crippen LogP contribution in [0.3, 0.4) is 0 Å². The summed E-state index contributed by atoms with van der Waals surface area (Å²) in [5.41, 5.74) is 0.120. The standard InChI is InChI=1S/C15H22N2O3/c1-15(2,14(19)20-4)16-13(18)11-17(3)10-12-8-6-5-7-9-12/h5-9H,10-11H2,1-4H3,(H,16,18). The first kappa shape index (κ1) is 16.2. The van der Waals surface area contributed by atoms with Crippen LogP contribution < -0.4 is 5.32 Å². The van der Waals surface area contributed by atoms with E-state index in [1.165, 1.54) is 7.11 Å². The van der Waals surface area contributed by atoms with E-state index in [0.29, 0.717) is 6.54 Å². The minimum Gasteiger partial charge on any atom is -0.467 e. The van der Waals surface area contributed by atoms with Gasteiger partial charge in [-0.1, -0.05) is 30.3 Å². The molecule has 0 atom stereocenters. The Balaban J connectivity index is 2.48. The van der Waals surface area contributed by atoms with Crippen LogP contribution in [-0.4, -0.2) is 43.0 Å². The quantitative estimate of drug-likeness (QED) is 0.794. The zero-order valence-electron chi connectivity index (χ0n) is 12.5. The molecule has 0 aliphatic heterocycles. The maximum absolute atomic E-state index is 11.9. The molecule has 0 unspecified atom stereocenters. The van der Waals surface area contributed by atoms with E-state index in [0.717, 1.165) is 5.56 Å². The second-order valence-electron chi connectivity index (χ2n) is 5.32. The zero-order chi connectivity index (χ0) is 15.2. The van der Waals surface area contributed by atoms with Gasteiger partial charge in [0.25, 0.3) is 0 Å². The Morgan fingerprint density at radius 1 is 1.25 bits per heavy atom. The molecule has 0 heterocycles. The first-order valence-electron chi connectivity index (χ1n) is 6.47. The number of carbonyl (C=O) groups excluding carboxylic acids is 2. The second kappa shape index (κ2) is 7.05. The van der Waals surface area contributed by atoms with Gasteiger partial charge in [0.2, 0.25) is 5.91 Å². The van der Waals surface area contributed by atoms with Gasteiger partial charge in [-0.05, 0) is 26.5 Å². The highest BCUT2D eigenvalue weighted by Gasteiger charge is 2.30. The van der Waals surface area contributed by atoms with Crippen molar-refractivity contribution in [2.24, 2.45) is 0 Å². The molecule has 0 aliphatic carbocycles. The molecule has 0 aliphatic rings. The predicted octanol–water partition coefficient (Wildman–Crippen LogP) is 1.19. The summed E-state index contributed by atoms with van der Waals surface area (Å²) in [6.07, 6.45) is 0. The molecule has 0 fully saturated rings. The molecular weight excluding hydrogens is 256 g/mol. The van der Waals surface area contributed by atoms with E-state index in [-0.39, 0.29) is 12.5 Å². The molecule has 0 aromatic heterocycles. The van der Waals surface area contributed by atoms with Gasteiger partial charge in [-0.2, -0.15) is 0 Å². The van der Waals surface area contributed by atoms with Crippen molar-refractivity contribution in [2.75, 3.05) is 20.7 Å². The Labute approximate surface area is 119 Å². The average Bonchev–Trinajstić information content (AvgIpc) is 2.37. The van der Waals surface area contributed by atoms with Crippen LogP contribution in [0.15, 0.2) is 30.3 Å². The fourth-order valence-electron chi connectivity index (χ4n) is 1.89. The van der Waals surface area contributed by atoms with Gasteiger partial charge in [0.1, 0.15) is 5.54 Å². The van der Waals surface area contributed by atoms with Crippen molar-refractivity contribution in [3.05, 3.63) is 35.9 Å². The number of nitrogens with zero attached hydrogens (tertiary/aromatic N) is 1. The topological polar surface area (TPSA) is 58.6 Å². The van der Waals surface area contributed by atoms with E-state index < -0.39 is 11.5 Å². The van der Waals surface area contributed by atoms with E-state index in [9.17, 15) is 9.59 Å². The van der Waals surface area contributed by atoms with Crippen molar-refractivity contribution in [1.29, 1.82) is 0 Å². The Hall–Kier alpha value is -1.88. The molecule has 0 saturated heterocycles. The molecular formula is C15H22N2O3. The molecule has 0 radical (unpaired) electrons. The van der Waals surface area contributed by atoms with Gasteiger partial charge in [-0.3, -0.25) is 9.69 Å². The van der Waals surface area contributed by atoms with Crippen LogP contribution in [-0.2, 0) is 20.9 Å². The third kappa shape index (κ3) is 5.01. The summed E-state index contributed by atoms with van der Waals surface area (Å²) in [6.45, 7) is 4.13. The average molecular weight is 278 g/mol.